The molecule has 0 amide bonds. The Morgan fingerprint density at radius 1 is 1.17 bits per heavy atom. The molecule has 0 aliphatic heterocycles. The van der Waals surface area contributed by atoms with E-state index < -0.39 is 0 Å². The van der Waals surface area contributed by atoms with Crippen LogP contribution in [-0.4, -0.2) is 9.97 Å². The molecule has 1 aromatic carbocycles. The Balaban J connectivity index is 2.34. The Morgan fingerprint density at radius 3 is 2.61 bits per heavy atom. The third-order valence-corrected chi connectivity index (χ3v) is 3.84. The van der Waals surface area contributed by atoms with E-state index in [0.717, 1.165) is 26.2 Å². The van der Waals surface area contributed by atoms with Gasteiger partial charge in [0.2, 0.25) is 0 Å². The second-order valence-corrected chi connectivity index (χ2v) is 5.18. The van der Waals surface area contributed by atoms with Crippen molar-refractivity contribution in [3.8, 4) is 11.1 Å². The molecule has 0 radical (unpaired) electrons. The fraction of sp³-hybridized carbons (Fsp3) is 0.0769. The van der Waals surface area contributed by atoms with Gasteiger partial charge >= 0.3 is 0 Å². The van der Waals surface area contributed by atoms with Gasteiger partial charge in [-0.1, -0.05) is 12.1 Å². The summed E-state index contributed by atoms with van der Waals surface area (Å²) in [4.78, 5) is 10.2. The molecule has 5 heteroatoms. The molecule has 90 valence electrons. The van der Waals surface area contributed by atoms with E-state index in [2.05, 4.69) is 9.97 Å². The Hall–Kier alpha value is -2.01. The van der Waals surface area contributed by atoms with Gasteiger partial charge in [0.1, 0.15) is 22.8 Å². The van der Waals surface area contributed by atoms with E-state index in [1.165, 1.54) is 18.5 Å². The number of anilines is 1. The molecule has 3 rings (SSSR count). The van der Waals surface area contributed by atoms with E-state index in [9.17, 15) is 4.39 Å². The lowest BCUT2D eigenvalue weighted by atomic mass is 10.0. The molecule has 2 aromatic heterocycles. The highest BCUT2D eigenvalue weighted by Crippen LogP contribution is 2.39. The van der Waals surface area contributed by atoms with E-state index in [0.29, 0.717) is 5.82 Å². The van der Waals surface area contributed by atoms with E-state index in [1.807, 2.05) is 6.92 Å². The highest BCUT2D eigenvalue weighted by atomic mass is 32.1. The maximum absolute atomic E-state index is 13.0. The van der Waals surface area contributed by atoms with Gasteiger partial charge in [-0.2, -0.15) is 0 Å². The van der Waals surface area contributed by atoms with Crippen LogP contribution < -0.4 is 5.73 Å². The standard InChI is InChI=1S/C13H10FN3S/c1-7-10(8-2-4-9(14)5-3-8)11-12(15)16-6-17-13(11)18-7/h2-6H,1H3,(H2,15,16,17). The van der Waals surface area contributed by atoms with E-state index in [-0.39, 0.29) is 5.82 Å². The maximum Gasteiger partial charge on any atom is 0.136 e. The van der Waals surface area contributed by atoms with Crippen molar-refractivity contribution in [1.82, 2.24) is 9.97 Å². The fourth-order valence-corrected chi connectivity index (χ4v) is 3.05. The minimum absolute atomic E-state index is 0.250. The number of nitrogens with zero attached hydrogens (tertiary/aromatic N) is 2. The van der Waals surface area contributed by atoms with Gasteiger partial charge in [-0.3, -0.25) is 0 Å². The van der Waals surface area contributed by atoms with Crippen molar-refractivity contribution in [3.05, 3.63) is 41.3 Å². The fourth-order valence-electron chi connectivity index (χ4n) is 2.03. The lowest BCUT2D eigenvalue weighted by molar-refractivity contribution is 0.628. The zero-order valence-corrected chi connectivity index (χ0v) is 10.5. The molecule has 2 heterocycles. The molecular formula is C13H10FN3S. The van der Waals surface area contributed by atoms with Crippen LogP contribution in [-0.2, 0) is 0 Å². The van der Waals surface area contributed by atoms with Crippen molar-refractivity contribution in [1.29, 1.82) is 0 Å². The van der Waals surface area contributed by atoms with Crippen molar-refractivity contribution < 1.29 is 4.39 Å². The molecule has 0 saturated carbocycles. The van der Waals surface area contributed by atoms with Crippen molar-refractivity contribution in [2.45, 2.75) is 6.92 Å². The number of halogens is 1. The normalized spacial score (nSPS) is 11.0. The number of thiophene rings is 1. The number of fused-ring (bicyclic) bond motifs is 1. The maximum atomic E-state index is 13.0. The van der Waals surface area contributed by atoms with Crippen molar-refractivity contribution in [2.75, 3.05) is 5.73 Å². The van der Waals surface area contributed by atoms with Gasteiger partial charge in [-0.25, -0.2) is 14.4 Å². The lowest BCUT2D eigenvalue weighted by Gasteiger charge is -2.03. The smallest absolute Gasteiger partial charge is 0.136 e. The first-order chi connectivity index (χ1) is 8.66. The first-order valence-corrected chi connectivity index (χ1v) is 6.24. The summed E-state index contributed by atoms with van der Waals surface area (Å²) >= 11 is 1.57. The molecule has 0 fully saturated rings. The van der Waals surface area contributed by atoms with Crippen LogP contribution in [0.2, 0.25) is 0 Å². The van der Waals surface area contributed by atoms with Crippen LogP contribution in [0, 0.1) is 12.7 Å². The third-order valence-electron chi connectivity index (χ3n) is 2.83. The zero-order chi connectivity index (χ0) is 12.7. The van der Waals surface area contributed by atoms with E-state index in [1.54, 1.807) is 23.5 Å². The summed E-state index contributed by atoms with van der Waals surface area (Å²) in [6.45, 7) is 2.00. The molecular weight excluding hydrogens is 249 g/mol. The van der Waals surface area contributed by atoms with Crippen LogP contribution in [0.25, 0.3) is 21.3 Å². The van der Waals surface area contributed by atoms with Gasteiger partial charge in [0.25, 0.3) is 0 Å². The topological polar surface area (TPSA) is 51.8 Å². The van der Waals surface area contributed by atoms with Gasteiger partial charge in [-0.15, -0.1) is 11.3 Å². The summed E-state index contributed by atoms with van der Waals surface area (Å²) in [5, 5.41) is 0.853. The van der Waals surface area contributed by atoms with Crippen LogP contribution in [0.5, 0.6) is 0 Å². The summed E-state index contributed by atoms with van der Waals surface area (Å²) in [7, 11) is 0. The highest BCUT2D eigenvalue weighted by Gasteiger charge is 2.15. The van der Waals surface area contributed by atoms with Gasteiger partial charge in [-0.05, 0) is 24.6 Å². The van der Waals surface area contributed by atoms with Crippen molar-refractivity contribution in [2.24, 2.45) is 0 Å². The summed E-state index contributed by atoms with van der Waals surface area (Å²) in [6.07, 6.45) is 1.46. The third kappa shape index (κ3) is 1.64. The molecule has 18 heavy (non-hydrogen) atoms. The molecule has 0 aliphatic carbocycles. The molecule has 0 bridgehead atoms. The quantitative estimate of drug-likeness (QED) is 0.728. The predicted octanol–water partition coefficient (Wildman–Crippen LogP) is 3.39. The minimum Gasteiger partial charge on any atom is -0.383 e. The van der Waals surface area contributed by atoms with E-state index in [4.69, 9.17) is 5.73 Å². The van der Waals surface area contributed by atoms with Gasteiger partial charge in [0, 0.05) is 10.4 Å². The molecule has 3 nitrogen and oxygen atoms in total. The molecule has 0 saturated heterocycles. The van der Waals surface area contributed by atoms with Crippen LogP contribution >= 0.6 is 11.3 Å². The average Bonchev–Trinajstić information content (AvgIpc) is 2.68. The molecule has 0 unspecified atom stereocenters. The molecule has 3 aromatic rings. The number of benzene rings is 1. The summed E-state index contributed by atoms with van der Waals surface area (Å²) in [5.74, 6) is 0.212. The number of aryl methyl sites for hydroxylation is 1. The number of hydrogen-bond donors (Lipinski definition) is 1. The van der Waals surface area contributed by atoms with Crippen LogP contribution in [0.3, 0.4) is 0 Å². The second-order valence-electron chi connectivity index (χ2n) is 3.98. The predicted molar refractivity (Wildman–Crippen MR) is 72.0 cm³/mol. The SMILES string of the molecule is Cc1sc2ncnc(N)c2c1-c1ccc(F)cc1. The highest BCUT2D eigenvalue weighted by molar-refractivity contribution is 7.19. The zero-order valence-electron chi connectivity index (χ0n) is 9.64. The number of hydrogen-bond acceptors (Lipinski definition) is 4. The number of nitrogens with two attached hydrogens (primary N) is 1. The first-order valence-electron chi connectivity index (χ1n) is 5.42. The van der Waals surface area contributed by atoms with Gasteiger partial charge < -0.3 is 5.73 Å². The minimum atomic E-state index is -0.250. The first kappa shape index (κ1) is 11.1. The van der Waals surface area contributed by atoms with Crippen molar-refractivity contribution >= 4 is 27.4 Å². The van der Waals surface area contributed by atoms with Crippen molar-refractivity contribution in [3.63, 3.8) is 0 Å². The van der Waals surface area contributed by atoms with Crippen LogP contribution in [0.4, 0.5) is 10.2 Å². The molecule has 0 aliphatic rings. The average molecular weight is 259 g/mol. The summed E-state index contributed by atoms with van der Waals surface area (Å²) in [5.41, 5.74) is 7.84. The van der Waals surface area contributed by atoms with E-state index >= 15 is 0 Å². The number of nitrogen functional groups attached to an aromatic ring is 1. The lowest BCUT2D eigenvalue weighted by Crippen LogP contribution is -1.92. The van der Waals surface area contributed by atoms with Gasteiger partial charge in [0.15, 0.2) is 0 Å². The summed E-state index contributed by atoms with van der Waals surface area (Å²) in [6, 6.07) is 6.38. The summed E-state index contributed by atoms with van der Waals surface area (Å²) < 4.78 is 13.0. The van der Waals surface area contributed by atoms with Crippen LogP contribution in [0.1, 0.15) is 4.88 Å². The Labute approximate surface area is 107 Å². The number of aromatic nitrogens is 2. The monoisotopic (exact) mass is 259 g/mol. The Bertz CT molecular complexity index is 719. The number of rotatable bonds is 1. The largest absolute Gasteiger partial charge is 0.383 e. The molecule has 0 spiro atoms. The van der Waals surface area contributed by atoms with Crippen LogP contribution in [0.15, 0.2) is 30.6 Å². The molecule has 2 N–H and O–H groups in total. The molecule has 0 atom stereocenters. The van der Waals surface area contributed by atoms with Gasteiger partial charge in [0.05, 0.1) is 5.39 Å². The Kier molecular flexibility index (Phi) is 2.48. The Morgan fingerprint density at radius 2 is 1.89 bits per heavy atom. The second kappa shape index (κ2) is 4.03.